The molecule has 5 nitrogen and oxygen atoms in total. The molecule has 2 saturated heterocycles. The van der Waals surface area contributed by atoms with Crippen molar-refractivity contribution < 1.29 is 9.59 Å². The molecule has 0 N–H and O–H groups in total. The highest BCUT2D eigenvalue weighted by atomic mass is 16.2. The number of hydrogen-bond acceptors (Lipinski definition) is 4. The molecule has 3 fully saturated rings. The molecular weight excluding hydrogens is 410 g/mol. The highest BCUT2D eigenvalue weighted by Gasteiger charge is 2.52. The van der Waals surface area contributed by atoms with Crippen LogP contribution in [0.2, 0.25) is 0 Å². The van der Waals surface area contributed by atoms with Crippen molar-refractivity contribution in [1.82, 2.24) is 9.80 Å². The quantitative estimate of drug-likeness (QED) is 0.622. The fraction of sp³-hybridized carbons (Fsp3) is 0.500. The first-order chi connectivity index (χ1) is 16.1. The van der Waals surface area contributed by atoms with E-state index in [-0.39, 0.29) is 11.8 Å². The van der Waals surface area contributed by atoms with Gasteiger partial charge in [0.15, 0.2) is 0 Å². The highest BCUT2D eigenvalue weighted by molar-refractivity contribution is 6.05. The van der Waals surface area contributed by atoms with Crippen molar-refractivity contribution in [2.75, 3.05) is 44.2 Å². The van der Waals surface area contributed by atoms with E-state index in [1.165, 1.54) is 11.3 Å². The second-order valence-electron chi connectivity index (χ2n) is 10.0. The number of carbonyl (C=O) groups is 2. The molecule has 2 aromatic rings. The molecule has 2 aliphatic heterocycles. The van der Waals surface area contributed by atoms with Gasteiger partial charge >= 0.3 is 0 Å². The van der Waals surface area contributed by atoms with E-state index in [1.807, 2.05) is 6.07 Å². The van der Waals surface area contributed by atoms with Gasteiger partial charge in [0.2, 0.25) is 11.8 Å². The van der Waals surface area contributed by atoms with E-state index in [2.05, 4.69) is 64.4 Å². The van der Waals surface area contributed by atoms with Crippen molar-refractivity contribution in [2.45, 2.75) is 44.4 Å². The Morgan fingerprint density at radius 1 is 0.788 bits per heavy atom. The summed E-state index contributed by atoms with van der Waals surface area (Å²) in [5.74, 6) is 0.670. The predicted molar refractivity (Wildman–Crippen MR) is 131 cm³/mol. The van der Waals surface area contributed by atoms with Crippen molar-refractivity contribution >= 4 is 17.5 Å². The molecule has 0 bridgehead atoms. The topological polar surface area (TPSA) is 43.9 Å². The van der Waals surface area contributed by atoms with Gasteiger partial charge in [0.05, 0.1) is 5.41 Å². The molecule has 2 amide bonds. The van der Waals surface area contributed by atoms with E-state index in [9.17, 15) is 9.59 Å². The van der Waals surface area contributed by atoms with E-state index >= 15 is 0 Å². The summed E-state index contributed by atoms with van der Waals surface area (Å²) in [7, 11) is 0. The molecular formula is C28H35N3O2. The van der Waals surface area contributed by atoms with E-state index in [0.717, 1.165) is 64.8 Å². The van der Waals surface area contributed by atoms with Crippen LogP contribution in [0.1, 0.15) is 50.0 Å². The van der Waals surface area contributed by atoms with Crippen LogP contribution >= 0.6 is 0 Å². The van der Waals surface area contributed by atoms with Crippen molar-refractivity contribution in [1.29, 1.82) is 0 Å². The molecule has 33 heavy (non-hydrogen) atoms. The first-order valence-corrected chi connectivity index (χ1v) is 12.6. The Morgan fingerprint density at radius 2 is 1.42 bits per heavy atom. The van der Waals surface area contributed by atoms with E-state index in [1.54, 1.807) is 4.90 Å². The Bertz CT molecular complexity index is 946. The van der Waals surface area contributed by atoms with Gasteiger partial charge in [0, 0.05) is 44.8 Å². The molecule has 0 aromatic heterocycles. The number of likely N-dealkylation sites (tertiary alicyclic amines) is 1. The number of nitrogens with zero attached hydrogens (tertiary/aromatic N) is 3. The Kier molecular flexibility index (Phi) is 6.50. The van der Waals surface area contributed by atoms with Gasteiger partial charge in [-0.15, -0.1) is 0 Å². The van der Waals surface area contributed by atoms with Crippen LogP contribution in [0, 0.1) is 5.41 Å². The zero-order chi connectivity index (χ0) is 22.7. The molecule has 5 heteroatoms. The molecule has 1 saturated carbocycles. The smallest absolute Gasteiger partial charge is 0.235 e. The SMILES string of the molecule is O=C1CC2(CCC(c3ccccc3)CC2)C(=O)N1CCCN1CCN(c2ccccc2)CC1. The zero-order valence-corrected chi connectivity index (χ0v) is 19.5. The van der Waals surface area contributed by atoms with Crippen LogP contribution in [0.15, 0.2) is 60.7 Å². The van der Waals surface area contributed by atoms with Crippen LogP contribution in [0.5, 0.6) is 0 Å². The Labute approximate surface area is 197 Å². The lowest BCUT2D eigenvalue weighted by molar-refractivity contribution is -0.142. The molecule has 0 unspecified atom stereocenters. The number of benzene rings is 2. The Morgan fingerprint density at radius 3 is 2.09 bits per heavy atom. The van der Waals surface area contributed by atoms with Gasteiger partial charge in [-0.25, -0.2) is 0 Å². The normalized spacial score (nSPS) is 26.4. The van der Waals surface area contributed by atoms with E-state index in [0.29, 0.717) is 18.9 Å². The van der Waals surface area contributed by atoms with Gasteiger partial charge in [-0.1, -0.05) is 48.5 Å². The molecule has 1 aliphatic carbocycles. The molecule has 0 atom stereocenters. The standard InChI is InChI=1S/C28H35N3O2/c32-26-22-28(14-12-24(13-15-28)23-8-3-1-4-9-23)27(33)31(26)17-7-16-29-18-20-30(21-19-29)25-10-5-2-6-11-25/h1-6,8-11,24H,7,12-22H2. The summed E-state index contributed by atoms with van der Waals surface area (Å²) >= 11 is 0. The zero-order valence-electron chi connectivity index (χ0n) is 19.5. The summed E-state index contributed by atoms with van der Waals surface area (Å²) in [6.45, 7) is 5.63. The van der Waals surface area contributed by atoms with Crippen LogP contribution in [-0.2, 0) is 9.59 Å². The number of piperazine rings is 1. The Balaban J connectivity index is 1.08. The van der Waals surface area contributed by atoms with Crippen LogP contribution in [0.4, 0.5) is 5.69 Å². The van der Waals surface area contributed by atoms with Crippen molar-refractivity contribution in [2.24, 2.45) is 5.41 Å². The summed E-state index contributed by atoms with van der Waals surface area (Å²) in [5.41, 5.74) is 2.23. The van der Waals surface area contributed by atoms with Gasteiger partial charge in [-0.3, -0.25) is 19.4 Å². The lowest BCUT2D eigenvalue weighted by Crippen LogP contribution is -2.47. The number of amides is 2. The van der Waals surface area contributed by atoms with E-state index in [4.69, 9.17) is 0 Å². The molecule has 174 valence electrons. The largest absolute Gasteiger partial charge is 0.369 e. The summed E-state index contributed by atoms with van der Waals surface area (Å²) in [6, 6.07) is 21.2. The number of hydrogen-bond donors (Lipinski definition) is 0. The first-order valence-electron chi connectivity index (χ1n) is 12.6. The van der Waals surface area contributed by atoms with Gasteiger partial charge in [-0.05, 0) is 62.3 Å². The third-order valence-electron chi connectivity index (χ3n) is 8.05. The lowest BCUT2D eigenvalue weighted by Gasteiger charge is -2.36. The second kappa shape index (κ2) is 9.68. The number of imide groups is 1. The minimum atomic E-state index is -0.427. The van der Waals surface area contributed by atoms with Gasteiger partial charge in [0.1, 0.15) is 0 Å². The summed E-state index contributed by atoms with van der Waals surface area (Å²) in [4.78, 5) is 32.6. The molecule has 3 aliphatic rings. The number of carbonyl (C=O) groups excluding carboxylic acids is 2. The highest BCUT2D eigenvalue weighted by Crippen LogP contribution is 2.49. The maximum atomic E-state index is 13.3. The van der Waals surface area contributed by atoms with Crippen molar-refractivity contribution in [3.05, 3.63) is 66.2 Å². The molecule has 2 heterocycles. The van der Waals surface area contributed by atoms with Crippen LogP contribution in [0.25, 0.3) is 0 Å². The third kappa shape index (κ3) is 4.70. The molecule has 0 radical (unpaired) electrons. The van der Waals surface area contributed by atoms with Gasteiger partial charge in [-0.2, -0.15) is 0 Å². The number of anilines is 1. The van der Waals surface area contributed by atoms with E-state index < -0.39 is 5.41 Å². The summed E-state index contributed by atoms with van der Waals surface area (Å²) in [5, 5.41) is 0. The Hall–Kier alpha value is -2.66. The maximum Gasteiger partial charge on any atom is 0.235 e. The first kappa shape index (κ1) is 22.1. The fourth-order valence-corrected chi connectivity index (χ4v) is 6.03. The van der Waals surface area contributed by atoms with Crippen molar-refractivity contribution in [3.63, 3.8) is 0 Å². The van der Waals surface area contributed by atoms with Crippen molar-refractivity contribution in [3.8, 4) is 0 Å². The van der Waals surface area contributed by atoms with Crippen LogP contribution < -0.4 is 4.90 Å². The fourth-order valence-electron chi connectivity index (χ4n) is 6.03. The average Bonchev–Trinajstić information content (AvgIpc) is 3.10. The lowest BCUT2D eigenvalue weighted by atomic mass is 9.68. The van der Waals surface area contributed by atoms with Gasteiger partial charge in [0.25, 0.3) is 0 Å². The summed E-state index contributed by atoms with van der Waals surface area (Å²) < 4.78 is 0. The third-order valence-corrected chi connectivity index (χ3v) is 8.05. The molecule has 2 aromatic carbocycles. The summed E-state index contributed by atoms with van der Waals surface area (Å²) in [6.07, 6.45) is 4.98. The van der Waals surface area contributed by atoms with Crippen LogP contribution in [0.3, 0.4) is 0 Å². The molecule has 5 rings (SSSR count). The minimum Gasteiger partial charge on any atom is -0.369 e. The van der Waals surface area contributed by atoms with Crippen LogP contribution in [-0.4, -0.2) is 60.9 Å². The monoisotopic (exact) mass is 445 g/mol. The minimum absolute atomic E-state index is 0.0482. The maximum absolute atomic E-state index is 13.3. The van der Waals surface area contributed by atoms with Gasteiger partial charge < -0.3 is 4.90 Å². The molecule has 1 spiro atoms. The predicted octanol–water partition coefficient (Wildman–Crippen LogP) is 4.30. The second-order valence-corrected chi connectivity index (χ2v) is 10.0. The average molecular weight is 446 g/mol. The number of rotatable bonds is 6. The number of para-hydroxylation sites is 1.